The van der Waals surface area contributed by atoms with Crippen molar-refractivity contribution in [3.8, 4) is 0 Å². The van der Waals surface area contributed by atoms with Gasteiger partial charge in [-0.3, -0.25) is 0 Å². The van der Waals surface area contributed by atoms with Gasteiger partial charge in [0.1, 0.15) is 0 Å². The first-order valence-corrected chi connectivity index (χ1v) is 6.80. The number of esters is 3. The van der Waals surface area contributed by atoms with Gasteiger partial charge < -0.3 is 14.6 Å². The average Bonchev–Trinajstić information content (AvgIpc) is 2.47. The molecular formula is C16H18O6. The highest BCUT2D eigenvalue weighted by Crippen LogP contribution is 2.12. The van der Waals surface area contributed by atoms with Crippen molar-refractivity contribution in [3.05, 3.63) is 47.0 Å². The number of carbonyl (C=O) groups is 3. The van der Waals surface area contributed by atoms with Gasteiger partial charge in [0.25, 0.3) is 0 Å². The molecule has 1 rings (SSSR count). The third-order valence-corrected chi connectivity index (χ3v) is 2.71. The van der Waals surface area contributed by atoms with Crippen LogP contribution in [-0.4, -0.2) is 36.2 Å². The Morgan fingerprint density at radius 2 is 1.73 bits per heavy atom. The third kappa shape index (κ3) is 5.14. The van der Waals surface area contributed by atoms with E-state index >= 15 is 0 Å². The second-order valence-electron chi connectivity index (χ2n) is 4.44. The van der Waals surface area contributed by atoms with Crippen LogP contribution in [0.2, 0.25) is 0 Å². The monoisotopic (exact) mass is 306 g/mol. The summed E-state index contributed by atoms with van der Waals surface area (Å²) in [5, 5.41) is 8.75. The first kappa shape index (κ1) is 17.6. The zero-order valence-corrected chi connectivity index (χ0v) is 12.5. The van der Waals surface area contributed by atoms with E-state index in [1.54, 1.807) is 26.0 Å². The van der Waals surface area contributed by atoms with Gasteiger partial charge in [-0.05, 0) is 32.4 Å². The van der Waals surface area contributed by atoms with E-state index in [0.29, 0.717) is 12.0 Å². The number of rotatable bonds is 6. The fourth-order valence-electron chi connectivity index (χ4n) is 1.67. The van der Waals surface area contributed by atoms with E-state index in [9.17, 15) is 14.4 Å². The molecular weight excluding hydrogens is 288 g/mol. The van der Waals surface area contributed by atoms with Gasteiger partial charge in [0.2, 0.25) is 0 Å². The lowest BCUT2D eigenvalue weighted by Crippen LogP contribution is -2.16. The predicted octanol–water partition coefficient (Wildman–Crippen LogP) is 1.88. The first-order chi connectivity index (χ1) is 10.5. The second-order valence-corrected chi connectivity index (χ2v) is 4.44. The summed E-state index contributed by atoms with van der Waals surface area (Å²) >= 11 is 0. The summed E-state index contributed by atoms with van der Waals surface area (Å²) in [5.41, 5.74) is 0.583. The lowest BCUT2D eigenvalue weighted by molar-refractivity contribution is -0.132. The SMILES string of the molecule is CCOC(=O)c1ccccc1C(=O)OC(=O)C=C(C)CCO. The topological polar surface area (TPSA) is 89.9 Å². The molecule has 6 heteroatoms. The fourth-order valence-corrected chi connectivity index (χ4v) is 1.67. The second kappa shape index (κ2) is 8.74. The van der Waals surface area contributed by atoms with Gasteiger partial charge in [0.15, 0.2) is 0 Å². The van der Waals surface area contributed by atoms with E-state index in [2.05, 4.69) is 4.74 Å². The molecule has 0 bridgehead atoms. The maximum atomic E-state index is 12.0. The molecule has 0 unspecified atom stereocenters. The summed E-state index contributed by atoms with van der Waals surface area (Å²) in [6, 6.07) is 5.94. The Morgan fingerprint density at radius 1 is 1.14 bits per heavy atom. The van der Waals surface area contributed by atoms with Crippen LogP contribution >= 0.6 is 0 Å². The van der Waals surface area contributed by atoms with Crippen molar-refractivity contribution in [3.63, 3.8) is 0 Å². The zero-order chi connectivity index (χ0) is 16.5. The third-order valence-electron chi connectivity index (χ3n) is 2.71. The Labute approximate surface area is 128 Å². The van der Waals surface area contributed by atoms with Gasteiger partial charge in [0.05, 0.1) is 17.7 Å². The van der Waals surface area contributed by atoms with Crippen LogP contribution in [0.25, 0.3) is 0 Å². The minimum atomic E-state index is -0.929. The van der Waals surface area contributed by atoms with Crippen molar-refractivity contribution in [1.82, 2.24) is 0 Å². The molecule has 0 spiro atoms. The molecule has 0 heterocycles. The molecule has 6 nitrogen and oxygen atoms in total. The van der Waals surface area contributed by atoms with Crippen molar-refractivity contribution in [1.29, 1.82) is 0 Å². The highest BCUT2D eigenvalue weighted by molar-refractivity contribution is 6.07. The number of aliphatic hydroxyl groups is 1. The van der Waals surface area contributed by atoms with Crippen LogP contribution in [0.15, 0.2) is 35.9 Å². The molecule has 0 aliphatic carbocycles. The highest BCUT2D eigenvalue weighted by atomic mass is 16.6. The summed E-state index contributed by atoms with van der Waals surface area (Å²) in [6.07, 6.45) is 1.43. The van der Waals surface area contributed by atoms with Crippen LogP contribution in [0, 0.1) is 0 Å². The molecule has 0 aliphatic heterocycles. The lowest BCUT2D eigenvalue weighted by atomic mass is 10.1. The van der Waals surface area contributed by atoms with Crippen LogP contribution in [-0.2, 0) is 14.3 Å². The number of benzene rings is 1. The van der Waals surface area contributed by atoms with E-state index in [4.69, 9.17) is 9.84 Å². The zero-order valence-electron chi connectivity index (χ0n) is 12.5. The molecule has 0 fully saturated rings. The number of aliphatic hydroxyl groups excluding tert-OH is 1. The average molecular weight is 306 g/mol. The minimum Gasteiger partial charge on any atom is -0.462 e. The Bertz CT molecular complexity index is 588. The molecule has 0 atom stereocenters. The Hall–Kier alpha value is -2.47. The highest BCUT2D eigenvalue weighted by Gasteiger charge is 2.20. The van der Waals surface area contributed by atoms with Crippen molar-refractivity contribution in [2.45, 2.75) is 20.3 Å². The number of ether oxygens (including phenoxy) is 2. The van der Waals surface area contributed by atoms with E-state index in [0.717, 1.165) is 6.08 Å². The summed E-state index contributed by atoms with van der Waals surface area (Å²) in [4.78, 5) is 35.4. The Balaban J connectivity index is 2.88. The van der Waals surface area contributed by atoms with Gasteiger partial charge in [-0.25, -0.2) is 14.4 Å². The normalized spacial score (nSPS) is 11.0. The van der Waals surface area contributed by atoms with Crippen LogP contribution < -0.4 is 0 Å². The molecule has 0 radical (unpaired) electrons. The van der Waals surface area contributed by atoms with Crippen molar-refractivity contribution in [2.24, 2.45) is 0 Å². The summed E-state index contributed by atoms with van der Waals surface area (Å²) in [5.74, 6) is -2.44. The molecule has 0 amide bonds. The quantitative estimate of drug-likeness (QED) is 0.490. The molecule has 0 aliphatic rings. The maximum absolute atomic E-state index is 12.0. The van der Waals surface area contributed by atoms with Gasteiger partial charge in [0, 0.05) is 12.7 Å². The molecule has 0 saturated heterocycles. The molecule has 0 aromatic heterocycles. The molecule has 118 valence electrons. The standard InChI is InChI=1S/C16H18O6/c1-3-21-15(19)12-6-4-5-7-13(12)16(20)22-14(18)10-11(2)8-9-17/h4-7,10,17H,3,8-9H2,1-2H3. The van der Waals surface area contributed by atoms with E-state index in [-0.39, 0.29) is 24.3 Å². The number of hydrogen-bond donors (Lipinski definition) is 1. The summed E-state index contributed by atoms with van der Waals surface area (Å²) in [6.45, 7) is 3.35. The van der Waals surface area contributed by atoms with E-state index in [1.807, 2.05) is 0 Å². The van der Waals surface area contributed by atoms with Gasteiger partial charge in [-0.2, -0.15) is 0 Å². The lowest BCUT2D eigenvalue weighted by Gasteiger charge is -2.07. The van der Waals surface area contributed by atoms with Gasteiger partial charge in [-0.15, -0.1) is 0 Å². The largest absolute Gasteiger partial charge is 0.462 e. The van der Waals surface area contributed by atoms with Crippen LogP contribution in [0.3, 0.4) is 0 Å². The number of carbonyl (C=O) groups excluding carboxylic acids is 3. The fraction of sp³-hybridized carbons (Fsp3) is 0.312. The predicted molar refractivity (Wildman–Crippen MR) is 78.3 cm³/mol. The van der Waals surface area contributed by atoms with Crippen LogP contribution in [0.1, 0.15) is 41.0 Å². The van der Waals surface area contributed by atoms with E-state index < -0.39 is 17.9 Å². The van der Waals surface area contributed by atoms with Crippen molar-refractivity contribution < 1.29 is 29.0 Å². The molecule has 1 N–H and O–H groups in total. The molecule has 0 saturated carbocycles. The molecule has 1 aromatic carbocycles. The van der Waals surface area contributed by atoms with Crippen molar-refractivity contribution >= 4 is 17.9 Å². The Morgan fingerprint density at radius 3 is 2.27 bits per heavy atom. The van der Waals surface area contributed by atoms with Gasteiger partial charge in [-0.1, -0.05) is 17.7 Å². The smallest absolute Gasteiger partial charge is 0.346 e. The Kier molecular flexibility index (Phi) is 6.98. The molecule has 1 aromatic rings. The summed E-state index contributed by atoms with van der Waals surface area (Å²) < 4.78 is 9.53. The summed E-state index contributed by atoms with van der Waals surface area (Å²) in [7, 11) is 0. The molecule has 22 heavy (non-hydrogen) atoms. The van der Waals surface area contributed by atoms with Gasteiger partial charge >= 0.3 is 17.9 Å². The van der Waals surface area contributed by atoms with Crippen LogP contribution in [0.4, 0.5) is 0 Å². The van der Waals surface area contributed by atoms with Crippen molar-refractivity contribution in [2.75, 3.05) is 13.2 Å². The number of hydrogen-bond acceptors (Lipinski definition) is 6. The minimum absolute atomic E-state index is 0.0393. The maximum Gasteiger partial charge on any atom is 0.346 e. The first-order valence-electron chi connectivity index (χ1n) is 6.80. The van der Waals surface area contributed by atoms with E-state index in [1.165, 1.54) is 12.1 Å². The van der Waals surface area contributed by atoms with Crippen LogP contribution in [0.5, 0.6) is 0 Å².